The molecule has 0 atom stereocenters. The Morgan fingerprint density at radius 2 is 1.77 bits per heavy atom. The van der Waals surface area contributed by atoms with E-state index >= 15 is 0 Å². The zero-order valence-corrected chi connectivity index (χ0v) is 15.3. The smallest absolute Gasteiger partial charge is 0.321 e. The average Bonchev–Trinajstić information content (AvgIpc) is 2.65. The minimum absolute atomic E-state index is 0.0798. The van der Waals surface area contributed by atoms with Crippen molar-refractivity contribution in [3.63, 3.8) is 0 Å². The van der Waals surface area contributed by atoms with Crippen LogP contribution in [0, 0.1) is 17.0 Å². The van der Waals surface area contributed by atoms with Gasteiger partial charge in [-0.15, -0.1) is 0 Å². The predicted molar refractivity (Wildman–Crippen MR) is 103 cm³/mol. The topological polar surface area (TPSA) is 72.2 Å². The van der Waals surface area contributed by atoms with Crippen LogP contribution in [0.2, 0.25) is 0 Å². The number of benzene rings is 2. The van der Waals surface area contributed by atoms with Crippen LogP contribution in [0.1, 0.15) is 12.5 Å². The molecule has 0 saturated heterocycles. The lowest BCUT2D eigenvalue weighted by Gasteiger charge is -2.22. The van der Waals surface area contributed by atoms with E-state index in [1.54, 1.807) is 0 Å². The third-order valence-corrected chi connectivity index (χ3v) is 4.83. The second-order valence-corrected chi connectivity index (χ2v) is 6.67. The minimum atomic E-state index is -0.405. The molecule has 0 saturated carbocycles. The normalized spacial score (nSPS) is 10.5. The van der Waals surface area contributed by atoms with E-state index in [-0.39, 0.29) is 5.69 Å². The van der Waals surface area contributed by atoms with E-state index in [0.29, 0.717) is 17.4 Å². The molecule has 7 heteroatoms. The first-order valence-corrected chi connectivity index (χ1v) is 8.98. The van der Waals surface area contributed by atoms with Crippen molar-refractivity contribution in [2.24, 2.45) is 0 Å². The van der Waals surface area contributed by atoms with E-state index in [4.69, 9.17) is 0 Å². The van der Waals surface area contributed by atoms with Crippen LogP contribution in [0.25, 0.3) is 0 Å². The first kappa shape index (κ1) is 17.9. The number of anilines is 2. The lowest BCUT2D eigenvalue weighted by atomic mass is 10.2. The zero-order chi connectivity index (χ0) is 18.5. The molecule has 1 heterocycles. The highest BCUT2D eigenvalue weighted by Gasteiger charge is 2.27. The number of aryl methyl sites for hydroxylation is 1. The molecular formula is C19H18N4O2S. The van der Waals surface area contributed by atoms with Crippen LogP contribution in [0.4, 0.5) is 17.2 Å². The molecule has 0 radical (unpaired) electrons. The molecule has 0 fully saturated rings. The molecule has 3 aromatic rings. The molecule has 0 amide bonds. The summed E-state index contributed by atoms with van der Waals surface area (Å²) in [5, 5.41) is 12.2. The Bertz CT molecular complexity index is 901. The van der Waals surface area contributed by atoms with Crippen molar-refractivity contribution in [1.29, 1.82) is 0 Å². The molecule has 0 N–H and O–H groups in total. The van der Waals surface area contributed by atoms with E-state index in [9.17, 15) is 10.1 Å². The lowest BCUT2D eigenvalue weighted by molar-refractivity contribution is -0.387. The number of hydrogen-bond acceptors (Lipinski definition) is 6. The molecule has 0 aliphatic rings. The molecule has 0 aliphatic heterocycles. The van der Waals surface area contributed by atoms with Crippen molar-refractivity contribution in [1.82, 2.24) is 9.97 Å². The Kier molecular flexibility index (Phi) is 5.48. The van der Waals surface area contributed by atoms with Crippen LogP contribution < -0.4 is 4.90 Å². The summed E-state index contributed by atoms with van der Waals surface area (Å²) in [6.45, 7) is 4.49. The molecule has 2 aromatic carbocycles. The number of para-hydroxylation sites is 1. The zero-order valence-electron chi connectivity index (χ0n) is 14.5. The third kappa shape index (κ3) is 3.83. The van der Waals surface area contributed by atoms with Crippen LogP contribution in [-0.4, -0.2) is 21.4 Å². The maximum Gasteiger partial charge on any atom is 0.344 e. The van der Waals surface area contributed by atoms with Crippen molar-refractivity contribution in [3.8, 4) is 0 Å². The molecular weight excluding hydrogens is 348 g/mol. The Morgan fingerprint density at radius 1 is 1.08 bits per heavy atom. The fourth-order valence-corrected chi connectivity index (χ4v) is 3.42. The molecule has 26 heavy (non-hydrogen) atoms. The molecule has 0 aliphatic carbocycles. The summed E-state index contributed by atoms with van der Waals surface area (Å²) in [5.41, 5.74) is 1.90. The van der Waals surface area contributed by atoms with Gasteiger partial charge in [-0.1, -0.05) is 47.7 Å². The quantitative estimate of drug-likeness (QED) is 0.347. The van der Waals surface area contributed by atoms with Gasteiger partial charge in [-0.3, -0.25) is 10.1 Å². The van der Waals surface area contributed by atoms with Crippen molar-refractivity contribution in [2.75, 3.05) is 11.4 Å². The predicted octanol–water partition coefficient (Wildman–Crippen LogP) is 5.00. The van der Waals surface area contributed by atoms with Crippen LogP contribution in [0.15, 0.2) is 70.8 Å². The summed E-state index contributed by atoms with van der Waals surface area (Å²) in [5.74, 6) is 0.299. The Hall–Kier alpha value is -2.93. The number of rotatable bonds is 6. The van der Waals surface area contributed by atoms with Crippen LogP contribution in [0.3, 0.4) is 0 Å². The Morgan fingerprint density at radius 3 is 2.38 bits per heavy atom. The van der Waals surface area contributed by atoms with Gasteiger partial charge in [0, 0.05) is 17.1 Å². The van der Waals surface area contributed by atoms with E-state index in [0.717, 1.165) is 16.1 Å². The molecule has 0 unspecified atom stereocenters. The molecule has 0 bridgehead atoms. The van der Waals surface area contributed by atoms with Crippen LogP contribution >= 0.6 is 11.8 Å². The van der Waals surface area contributed by atoms with Crippen LogP contribution in [-0.2, 0) is 0 Å². The largest absolute Gasteiger partial charge is 0.344 e. The Balaban J connectivity index is 2.06. The van der Waals surface area contributed by atoms with Gasteiger partial charge in [-0.05, 0) is 38.1 Å². The SMILES string of the molecule is CCN(c1ccccc1)c1ncnc(Sc2ccc(C)cc2)c1[N+](=O)[O-]. The van der Waals surface area contributed by atoms with Crippen molar-refractivity contribution in [3.05, 3.63) is 76.6 Å². The summed E-state index contributed by atoms with van der Waals surface area (Å²) in [7, 11) is 0. The minimum Gasteiger partial charge on any atom is -0.321 e. The second kappa shape index (κ2) is 7.97. The maximum atomic E-state index is 11.8. The van der Waals surface area contributed by atoms with Crippen LogP contribution in [0.5, 0.6) is 0 Å². The first-order chi connectivity index (χ1) is 12.6. The monoisotopic (exact) mass is 366 g/mol. The average molecular weight is 366 g/mol. The Labute approximate surface area is 156 Å². The molecule has 132 valence electrons. The van der Waals surface area contributed by atoms with E-state index in [1.807, 2.05) is 73.3 Å². The van der Waals surface area contributed by atoms with Crippen molar-refractivity contribution >= 4 is 29.0 Å². The highest BCUT2D eigenvalue weighted by molar-refractivity contribution is 7.99. The number of nitro groups is 1. The molecule has 3 rings (SSSR count). The molecule has 0 spiro atoms. The van der Waals surface area contributed by atoms with Gasteiger partial charge in [0.1, 0.15) is 6.33 Å². The second-order valence-electron chi connectivity index (χ2n) is 5.60. The summed E-state index contributed by atoms with van der Waals surface area (Å²) in [6, 6.07) is 17.3. The van der Waals surface area contributed by atoms with E-state index in [1.165, 1.54) is 18.1 Å². The summed E-state index contributed by atoms with van der Waals surface area (Å²) >= 11 is 1.27. The summed E-state index contributed by atoms with van der Waals surface area (Å²) in [4.78, 5) is 22.5. The van der Waals surface area contributed by atoms with Gasteiger partial charge in [0.05, 0.1) is 4.92 Å². The van der Waals surface area contributed by atoms with Crippen molar-refractivity contribution in [2.45, 2.75) is 23.8 Å². The molecule has 1 aromatic heterocycles. The number of aromatic nitrogens is 2. The van der Waals surface area contributed by atoms with Crippen molar-refractivity contribution < 1.29 is 4.92 Å². The lowest BCUT2D eigenvalue weighted by Crippen LogP contribution is -2.19. The van der Waals surface area contributed by atoms with Gasteiger partial charge >= 0.3 is 5.69 Å². The summed E-state index contributed by atoms with van der Waals surface area (Å²) in [6.07, 6.45) is 1.38. The fraction of sp³-hybridized carbons (Fsp3) is 0.158. The highest BCUT2D eigenvalue weighted by atomic mass is 32.2. The van der Waals surface area contributed by atoms with E-state index < -0.39 is 4.92 Å². The highest BCUT2D eigenvalue weighted by Crippen LogP contribution is 2.39. The van der Waals surface area contributed by atoms with Gasteiger partial charge in [0.15, 0.2) is 5.03 Å². The fourth-order valence-electron chi connectivity index (χ4n) is 2.57. The molecule has 6 nitrogen and oxygen atoms in total. The standard InChI is InChI=1S/C19H18N4O2S/c1-3-22(15-7-5-4-6-8-15)18-17(23(24)25)19(21-13-20-18)26-16-11-9-14(2)10-12-16/h4-13H,3H2,1-2H3. The van der Waals surface area contributed by atoms with Gasteiger partial charge in [-0.2, -0.15) is 0 Å². The number of hydrogen-bond donors (Lipinski definition) is 0. The third-order valence-electron chi connectivity index (χ3n) is 3.83. The number of nitrogens with zero attached hydrogens (tertiary/aromatic N) is 4. The van der Waals surface area contributed by atoms with Gasteiger partial charge in [0.25, 0.3) is 0 Å². The van der Waals surface area contributed by atoms with Gasteiger partial charge in [-0.25, -0.2) is 9.97 Å². The van der Waals surface area contributed by atoms with E-state index in [2.05, 4.69) is 9.97 Å². The first-order valence-electron chi connectivity index (χ1n) is 8.16. The maximum absolute atomic E-state index is 11.8. The van der Waals surface area contributed by atoms with Gasteiger partial charge in [0.2, 0.25) is 5.82 Å². The van der Waals surface area contributed by atoms with Gasteiger partial charge < -0.3 is 4.90 Å². The summed E-state index contributed by atoms with van der Waals surface area (Å²) < 4.78 is 0.